The molecule has 0 atom stereocenters. The van der Waals surface area contributed by atoms with Gasteiger partial charge in [-0.25, -0.2) is 0 Å². The summed E-state index contributed by atoms with van der Waals surface area (Å²) in [6, 6.07) is 7.85. The Bertz CT molecular complexity index is 405. The number of rotatable bonds is 4. The van der Waals surface area contributed by atoms with Crippen LogP contribution in [0.2, 0.25) is 0 Å². The number of hydrogen-bond donors (Lipinski definition) is 1. The molecule has 1 amide bonds. The third-order valence-corrected chi connectivity index (χ3v) is 2.15. The molecule has 0 bridgehead atoms. The maximum atomic E-state index is 10.5. The zero-order valence-electron chi connectivity index (χ0n) is 8.79. The van der Waals surface area contributed by atoms with Crippen LogP contribution in [0.15, 0.2) is 18.2 Å². The van der Waals surface area contributed by atoms with Gasteiger partial charge >= 0.3 is 0 Å². The molecule has 0 unspecified atom stereocenters. The topological polar surface area (TPSA) is 66.9 Å². The normalized spacial score (nSPS) is 9.60. The largest absolute Gasteiger partial charge is 0.370 e. The summed E-state index contributed by atoms with van der Waals surface area (Å²) in [5.41, 5.74) is 7.88. The predicted molar refractivity (Wildman–Crippen MR) is 58.0 cm³/mol. The molecule has 0 heterocycles. The molecule has 0 saturated heterocycles. The highest BCUT2D eigenvalue weighted by Crippen LogP contribution is 2.11. The number of amides is 1. The van der Waals surface area contributed by atoms with Gasteiger partial charge in [0.05, 0.1) is 11.6 Å². The number of hydrogen-bond acceptors (Lipinski definition) is 2. The maximum absolute atomic E-state index is 10.5. The summed E-state index contributed by atoms with van der Waals surface area (Å²) in [5.74, 6) is -0.275. The quantitative estimate of drug-likeness (QED) is 0.807. The number of carbonyl (C=O) groups excluding carboxylic acids is 1. The summed E-state index contributed by atoms with van der Waals surface area (Å²) in [4.78, 5) is 10.5. The van der Waals surface area contributed by atoms with Gasteiger partial charge in [-0.15, -0.1) is 0 Å². The summed E-state index contributed by atoms with van der Waals surface area (Å²) >= 11 is 0. The van der Waals surface area contributed by atoms with Crippen molar-refractivity contribution in [2.75, 3.05) is 0 Å². The molecule has 2 N–H and O–H groups in total. The lowest BCUT2D eigenvalue weighted by Gasteiger charge is -2.02. The van der Waals surface area contributed by atoms with Crippen LogP contribution in [0.4, 0.5) is 0 Å². The number of nitrogens with zero attached hydrogens (tertiary/aromatic N) is 1. The van der Waals surface area contributed by atoms with Crippen molar-refractivity contribution in [3.05, 3.63) is 34.9 Å². The second kappa shape index (κ2) is 5.16. The van der Waals surface area contributed by atoms with Crippen molar-refractivity contribution in [3.8, 4) is 6.07 Å². The molecule has 3 nitrogen and oxygen atoms in total. The zero-order chi connectivity index (χ0) is 11.3. The fraction of sp³-hybridized carbons (Fsp3) is 0.333. The molecular formula is C12H14N2O. The lowest BCUT2D eigenvalue weighted by Crippen LogP contribution is -2.10. The molecular weight excluding hydrogens is 188 g/mol. The Morgan fingerprint density at radius 2 is 2.20 bits per heavy atom. The van der Waals surface area contributed by atoms with E-state index in [2.05, 4.69) is 6.07 Å². The van der Waals surface area contributed by atoms with Gasteiger partial charge in [0.1, 0.15) is 0 Å². The van der Waals surface area contributed by atoms with Gasteiger partial charge in [0, 0.05) is 6.42 Å². The van der Waals surface area contributed by atoms with Crippen LogP contribution in [0.25, 0.3) is 0 Å². The van der Waals surface area contributed by atoms with Gasteiger partial charge in [-0.2, -0.15) is 5.26 Å². The van der Waals surface area contributed by atoms with Crippen molar-refractivity contribution in [3.63, 3.8) is 0 Å². The van der Waals surface area contributed by atoms with Crippen LogP contribution in [-0.2, 0) is 11.2 Å². The minimum absolute atomic E-state index is 0.275. The van der Waals surface area contributed by atoms with Crippen LogP contribution in [0.5, 0.6) is 0 Å². The van der Waals surface area contributed by atoms with Crippen molar-refractivity contribution in [2.24, 2.45) is 5.73 Å². The highest BCUT2D eigenvalue weighted by molar-refractivity contribution is 5.73. The number of aryl methyl sites for hydroxylation is 2. The molecule has 1 rings (SSSR count). The standard InChI is InChI=1S/C12H14N2O/c1-9-5-10(3-2-4-12(14)15)7-11(6-9)8-13/h5-7H,2-4H2,1H3,(H2,14,15). The number of carbonyl (C=O) groups is 1. The average Bonchev–Trinajstić information content (AvgIpc) is 2.16. The molecule has 0 fully saturated rings. The Hall–Kier alpha value is -1.82. The molecule has 0 saturated carbocycles. The van der Waals surface area contributed by atoms with E-state index in [1.807, 2.05) is 25.1 Å². The second-order valence-electron chi connectivity index (χ2n) is 3.64. The third kappa shape index (κ3) is 3.82. The van der Waals surface area contributed by atoms with E-state index in [0.717, 1.165) is 24.0 Å². The number of nitriles is 1. The van der Waals surface area contributed by atoms with Crippen LogP contribution in [0.1, 0.15) is 29.5 Å². The van der Waals surface area contributed by atoms with Gasteiger partial charge < -0.3 is 5.73 Å². The molecule has 15 heavy (non-hydrogen) atoms. The second-order valence-corrected chi connectivity index (χ2v) is 3.64. The number of benzene rings is 1. The fourth-order valence-electron chi connectivity index (χ4n) is 1.54. The Morgan fingerprint density at radius 1 is 1.47 bits per heavy atom. The van der Waals surface area contributed by atoms with E-state index >= 15 is 0 Å². The molecule has 0 aliphatic rings. The van der Waals surface area contributed by atoms with Crippen molar-refractivity contribution < 1.29 is 4.79 Å². The van der Waals surface area contributed by atoms with Gasteiger partial charge in [-0.05, 0) is 43.0 Å². The predicted octanol–water partition coefficient (Wildman–Crippen LogP) is 1.67. The van der Waals surface area contributed by atoms with E-state index in [0.29, 0.717) is 12.0 Å². The Labute approximate surface area is 89.5 Å². The highest BCUT2D eigenvalue weighted by Gasteiger charge is 2.00. The van der Waals surface area contributed by atoms with E-state index in [1.54, 1.807) is 0 Å². The van der Waals surface area contributed by atoms with Crippen molar-refractivity contribution in [1.29, 1.82) is 5.26 Å². The lowest BCUT2D eigenvalue weighted by atomic mass is 10.0. The van der Waals surface area contributed by atoms with Crippen molar-refractivity contribution in [2.45, 2.75) is 26.2 Å². The minimum atomic E-state index is -0.275. The summed E-state index contributed by atoms with van der Waals surface area (Å²) in [6.07, 6.45) is 1.93. The average molecular weight is 202 g/mol. The van der Waals surface area contributed by atoms with Gasteiger partial charge in [-0.1, -0.05) is 6.07 Å². The lowest BCUT2D eigenvalue weighted by molar-refractivity contribution is -0.118. The summed E-state index contributed by atoms with van der Waals surface area (Å²) in [6.45, 7) is 1.96. The van der Waals surface area contributed by atoms with E-state index in [1.165, 1.54) is 0 Å². The Balaban J connectivity index is 2.65. The van der Waals surface area contributed by atoms with E-state index in [4.69, 9.17) is 11.0 Å². The molecule has 0 spiro atoms. The van der Waals surface area contributed by atoms with Crippen LogP contribution in [0, 0.1) is 18.3 Å². The smallest absolute Gasteiger partial charge is 0.217 e. The van der Waals surface area contributed by atoms with E-state index in [9.17, 15) is 4.79 Å². The summed E-state index contributed by atoms with van der Waals surface area (Å²) in [7, 11) is 0. The summed E-state index contributed by atoms with van der Waals surface area (Å²) in [5, 5.41) is 8.78. The first-order valence-corrected chi connectivity index (χ1v) is 4.91. The SMILES string of the molecule is Cc1cc(C#N)cc(CCCC(N)=O)c1. The molecule has 0 aromatic heterocycles. The molecule has 0 radical (unpaired) electrons. The van der Waals surface area contributed by atoms with Gasteiger partial charge in [0.2, 0.25) is 5.91 Å². The van der Waals surface area contributed by atoms with Gasteiger partial charge in [0.15, 0.2) is 0 Å². The molecule has 1 aromatic carbocycles. The van der Waals surface area contributed by atoms with Crippen LogP contribution in [-0.4, -0.2) is 5.91 Å². The van der Waals surface area contributed by atoms with Crippen LogP contribution in [0.3, 0.4) is 0 Å². The Morgan fingerprint density at radius 3 is 2.80 bits per heavy atom. The molecule has 1 aromatic rings. The fourth-order valence-corrected chi connectivity index (χ4v) is 1.54. The first-order chi connectivity index (χ1) is 7.11. The van der Waals surface area contributed by atoms with Crippen molar-refractivity contribution >= 4 is 5.91 Å². The minimum Gasteiger partial charge on any atom is -0.370 e. The monoisotopic (exact) mass is 202 g/mol. The van der Waals surface area contributed by atoms with Crippen LogP contribution >= 0.6 is 0 Å². The summed E-state index contributed by atoms with van der Waals surface area (Å²) < 4.78 is 0. The van der Waals surface area contributed by atoms with Crippen LogP contribution < -0.4 is 5.73 Å². The number of primary amides is 1. The molecule has 78 valence electrons. The Kier molecular flexibility index (Phi) is 3.87. The third-order valence-electron chi connectivity index (χ3n) is 2.15. The first-order valence-electron chi connectivity index (χ1n) is 4.91. The van der Waals surface area contributed by atoms with E-state index < -0.39 is 0 Å². The van der Waals surface area contributed by atoms with Gasteiger partial charge in [0.25, 0.3) is 0 Å². The van der Waals surface area contributed by atoms with E-state index in [-0.39, 0.29) is 5.91 Å². The molecule has 3 heteroatoms. The zero-order valence-corrected chi connectivity index (χ0v) is 8.79. The van der Waals surface area contributed by atoms with Crippen molar-refractivity contribution in [1.82, 2.24) is 0 Å². The number of nitrogens with two attached hydrogens (primary N) is 1. The molecule has 0 aliphatic heterocycles. The first kappa shape index (κ1) is 11.3. The maximum Gasteiger partial charge on any atom is 0.217 e. The highest BCUT2D eigenvalue weighted by atomic mass is 16.1. The molecule has 0 aliphatic carbocycles. The van der Waals surface area contributed by atoms with Gasteiger partial charge in [-0.3, -0.25) is 4.79 Å².